The van der Waals surface area contributed by atoms with E-state index in [0.717, 1.165) is 18.6 Å². The maximum Gasteiger partial charge on any atom is 0.0174 e. The summed E-state index contributed by atoms with van der Waals surface area (Å²) < 4.78 is 0. The van der Waals surface area contributed by atoms with Gasteiger partial charge in [-0.25, -0.2) is 0 Å². The molecule has 0 saturated carbocycles. The van der Waals surface area contributed by atoms with E-state index < -0.39 is 0 Å². The van der Waals surface area contributed by atoms with E-state index >= 15 is 0 Å². The highest BCUT2D eigenvalue weighted by Gasteiger charge is 2.26. The van der Waals surface area contributed by atoms with Gasteiger partial charge in [0.1, 0.15) is 0 Å². The Morgan fingerprint density at radius 3 is 1.89 bits per heavy atom. The van der Waals surface area contributed by atoms with Gasteiger partial charge in [-0.3, -0.25) is 0 Å². The minimum Gasteiger partial charge on any atom is -0.325 e. The number of thioether (sulfide) groups is 1. The fourth-order valence-corrected chi connectivity index (χ4v) is 4.95. The van der Waals surface area contributed by atoms with E-state index in [1.54, 1.807) is 0 Å². The monoisotopic (exact) mass is 383 g/mol. The second-order valence-corrected chi connectivity index (χ2v) is 10.6. The molecule has 2 heteroatoms. The summed E-state index contributed by atoms with van der Waals surface area (Å²) in [5.74, 6) is 2.67. The molecule has 1 nitrogen and oxygen atoms in total. The maximum atomic E-state index is 6.54. The van der Waals surface area contributed by atoms with E-state index in [2.05, 4.69) is 89.2 Å². The molecule has 0 radical (unpaired) electrons. The maximum absolute atomic E-state index is 6.54. The Labute approximate surface area is 171 Å². The second-order valence-electron chi connectivity index (χ2n) is 9.49. The molecule has 2 aromatic carbocycles. The topological polar surface area (TPSA) is 26.0 Å². The fourth-order valence-electron chi connectivity index (χ4n) is 3.17. The standard InChI is InChI=1S/C25H37NS/c1-24(2,3)17-18-27-19-23(25(4,5)26)22-15-13-21(14-16-22)12-11-20-9-7-6-8-10-20/h6-10,13-16,23H,11-12,17-19,26H2,1-5H3. The molecule has 27 heavy (non-hydrogen) atoms. The van der Waals surface area contributed by atoms with Crippen molar-refractivity contribution in [2.45, 2.75) is 65.3 Å². The van der Waals surface area contributed by atoms with Gasteiger partial charge in [0.05, 0.1) is 0 Å². The van der Waals surface area contributed by atoms with Crippen LogP contribution in [0.1, 0.15) is 63.6 Å². The number of benzene rings is 2. The van der Waals surface area contributed by atoms with Crippen LogP contribution in [0.15, 0.2) is 54.6 Å². The molecule has 0 saturated heterocycles. The first kappa shape index (κ1) is 22.0. The second kappa shape index (κ2) is 9.80. The lowest BCUT2D eigenvalue weighted by atomic mass is 9.83. The van der Waals surface area contributed by atoms with Crippen molar-refractivity contribution >= 4 is 11.8 Å². The van der Waals surface area contributed by atoms with Crippen LogP contribution in [0.5, 0.6) is 0 Å². The van der Waals surface area contributed by atoms with Crippen molar-refractivity contribution in [2.75, 3.05) is 11.5 Å². The highest BCUT2D eigenvalue weighted by Crippen LogP contribution is 2.31. The quantitative estimate of drug-likeness (QED) is 0.503. The lowest BCUT2D eigenvalue weighted by Crippen LogP contribution is -2.40. The molecule has 0 bridgehead atoms. The van der Waals surface area contributed by atoms with E-state index in [1.165, 1.54) is 28.9 Å². The Bertz CT molecular complexity index is 662. The zero-order valence-corrected chi connectivity index (χ0v) is 18.6. The third-order valence-corrected chi connectivity index (χ3v) is 6.17. The molecule has 2 aromatic rings. The Morgan fingerprint density at radius 2 is 1.37 bits per heavy atom. The molecule has 1 atom stereocenters. The lowest BCUT2D eigenvalue weighted by molar-refractivity contribution is 0.401. The summed E-state index contributed by atoms with van der Waals surface area (Å²) in [4.78, 5) is 0. The molecule has 2 N–H and O–H groups in total. The Hall–Kier alpha value is -1.25. The number of hydrogen-bond donors (Lipinski definition) is 1. The summed E-state index contributed by atoms with van der Waals surface area (Å²) in [5, 5.41) is 0. The van der Waals surface area contributed by atoms with Crippen molar-refractivity contribution in [3.63, 3.8) is 0 Å². The highest BCUT2D eigenvalue weighted by molar-refractivity contribution is 7.99. The van der Waals surface area contributed by atoms with Crippen molar-refractivity contribution < 1.29 is 0 Å². The van der Waals surface area contributed by atoms with E-state index in [1.807, 2.05) is 11.8 Å². The van der Waals surface area contributed by atoms with Gasteiger partial charge in [-0.15, -0.1) is 0 Å². The molecule has 0 aliphatic carbocycles. The molecular weight excluding hydrogens is 346 g/mol. The smallest absolute Gasteiger partial charge is 0.0174 e. The van der Waals surface area contributed by atoms with Gasteiger partial charge in [0.15, 0.2) is 0 Å². The van der Waals surface area contributed by atoms with Gasteiger partial charge in [-0.1, -0.05) is 75.4 Å². The predicted molar refractivity (Wildman–Crippen MR) is 123 cm³/mol. The first-order chi connectivity index (χ1) is 12.6. The van der Waals surface area contributed by atoms with Crippen LogP contribution in [0, 0.1) is 5.41 Å². The average molecular weight is 384 g/mol. The van der Waals surface area contributed by atoms with Gasteiger partial charge >= 0.3 is 0 Å². The van der Waals surface area contributed by atoms with Crippen LogP contribution in [-0.2, 0) is 12.8 Å². The molecule has 0 heterocycles. The van der Waals surface area contributed by atoms with Crippen molar-refractivity contribution in [1.82, 2.24) is 0 Å². The molecular formula is C25H37NS. The van der Waals surface area contributed by atoms with E-state index in [4.69, 9.17) is 5.73 Å². The van der Waals surface area contributed by atoms with Crippen LogP contribution in [0.2, 0.25) is 0 Å². The molecule has 0 aliphatic rings. The summed E-state index contributed by atoms with van der Waals surface area (Å²) in [6.45, 7) is 11.3. The van der Waals surface area contributed by atoms with Crippen LogP contribution < -0.4 is 5.73 Å². The number of hydrogen-bond acceptors (Lipinski definition) is 2. The lowest BCUT2D eigenvalue weighted by Gasteiger charge is -2.31. The zero-order valence-electron chi connectivity index (χ0n) is 17.8. The molecule has 0 fully saturated rings. The molecule has 0 spiro atoms. The molecule has 0 aliphatic heterocycles. The Morgan fingerprint density at radius 1 is 0.815 bits per heavy atom. The van der Waals surface area contributed by atoms with Gasteiger partial charge in [-0.05, 0) is 61.0 Å². The normalized spacial score (nSPS) is 13.6. The van der Waals surface area contributed by atoms with E-state index in [9.17, 15) is 0 Å². The van der Waals surface area contributed by atoms with Crippen LogP contribution in [0.4, 0.5) is 0 Å². The van der Waals surface area contributed by atoms with Crippen molar-refractivity contribution in [3.8, 4) is 0 Å². The molecule has 2 rings (SSSR count). The molecule has 1 unspecified atom stereocenters. The number of nitrogens with two attached hydrogens (primary N) is 1. The van der Waals surface area contributed by atoms with Crippen molar-refractivity contribution in [3.05, 3.63) is 71.3 Å². The van der Waals surface area contributed by atoms with Gasteiger partial charge in [-0.2, -0.15) is 11.8 Å². The third-order valence-electron chi connectivity index (χ3n) is 5.11. The third kappa shape index (κ3) is 8.11. The summed E-state index contributed by atoms with van der Waals surface area (Å²) in [6.07, 6.45) is 3.42. The summed E-state index contributed by atoms with van der Waals surface area (Å²) >= 11 is 2.04. The van der Waals surface area contributed by atoms with Crippen molar-refractivity contribution in [2.24, 2.45) is 11.1 Å². The van der Waals surface area contributed by atoms with Gasteiger partial charge in [0, 0.05) is 17.2 Å². The predicted octanol–water partition coefficient (Wildman–Crippen LogP) is 6.46. The minimum atomic E-state index is -0.208. The largest absolute Gasteiger partial charge is 0.325 e. The van der Waals surface area contributed by atoms with Gasteiger partial charge in [0.2, 0.25) is 0 Å². The van der Waals surface area contributed by atoms with Crippen molar-refractivity contribution in [1.29, 1.82) is 0 Å². The zero-order chi connectivity index (χ0) is 19.9. The number of aryl methyl sites for hydroxylation is 2. The van der Waals surface area contributed by atoms with Crippen LogP contribution in [0.25, 0.3) is 0 Å². The fraction of sp³-hybridized carbons (Fsp3) is 0.520. The van der Waals surface area contributed by atoms with Gasteiger partial charge < -0.3 is 5.73 Å². The molecule has 148 valence electrons. The first-order valence-electron chi connectivity index (χ1n) is 10.1. The van der Waals surface area contributed by atoms with Gasteiger partial charge in [0.25, 0.3) is 0 Å². The van der Waals surface area contributed by atoms with E-state index in [-0.39, 0.29) is 5.54 Å². The molecule has 0 amide bonds. The first-order valence-corrected chi connectivity index (χ1v) is 11.3. The molecule has 0 aromatic heterocycles. The van der Waals surface area contributed by atoms with E-state index in [0.29, 0.717) is 11.3 Å². The summed E-state index contributed by atoms with van der Waals surface area (Å²) in [6, 6.07) is 19.9. The minimum absolute atomic E-state index is 0.208. The average Bonchev–Trinajstić information content (AvgIpc) is 2.59. The Kier molecular flexibility index (Phi) is 8.00. The summed E-state index contributed by atoms with van der Waals surface area (Å²) in [5.41, 5.74) is 10.9. The number of rotatable bonds is 9. The van der Waals surface area contributed by atoms with Crippen LogP contribution in [-0.4, -0.2) is 17.0 Å². The Balaban J connectivity index is 1.95. The van der Waals surface area contributed by atoms with Crippen LogP contribution >= 0.6 is 11.8 Å². The highest BCUT2D eigenvalue weighted by atomic mass is 32.2. The summed E-state index contributed by atoms with van der Waals surface area (Å²) in [7, 11) is 0. The van der Waals surface area contributed by atoms with Crippen LogP contribution in [0.3, 0.4) is 0 Å². The SMILES string of the molecule is CC(C)(C)CCSCC(c1ccc(CCc2ccccc2)cc1)C(C)(C)N.